The fourth-order valence-corrected chi connectivity index (χ4v) is 5.28. The summed E-state index contributed by atoms with van der Waals surface area (Å²) in [5.41, 5.74) is 4.70. The minimum absolute atomic E-state index is 0.132. The monoisotopic (exact) mass is 496 g/mol. The average molecular weight is 497 g/mol. The zero-order chi connectivity index (χ0) is 24.3. The smallest absolute Gasteiger partial charge is 0.365 e. The van der Waals surface area contributed by atoms with Crippen molar-refractivity contribution in [1.29, 1.82) is 0 Å². The second-order valence-electron chi connectivity index (χ2n) is 8.82. The maximum atomic E-state index is 12.6. The van der Waals surface area contributed by atoms with Crippen LogP contribution in [0.5, 0.6) is 0 Å². The van der Waals surface area contributed by atoms with Crippen molar-refractivity contribution in [3.63, 3.8) is 0 Å². The number of aryl methyl sites for hydroxylation is 1. The van der Waals surface area contributed by atoms with Gasteiger partial charge in [-0.2, -0.15) is 13.2 Å². The molecule has 1 aromatic carbocycles. The van der Waals surface area contributed by atoms with E-state index in [1.54, 1.807) is 18.5 Å². The van der Waals surface area contributed by atoms with E-state index < -0.39 is 11.9 Å². The van der Waals surface area contributed by atoms with Crippen LogP contribution in [0.2, 0.25) is 0 Å². The number of hydrogen-bond donors (Lipinski definition) is 2. The Morgan fingerprint density at radius 2 is 1.88 bits per heavy atom. The molecule has 1 aromatic heterocycles. The van der Waals surface area contributed by atoms with Crippen LogP contribution in [0.3, 0.4) is 0 Å². The van der Waals surface area contributed by atoms with E-state index in [1.807, 2.05) is 9.80 Å². The van der Waals surface area contributed by atoms with E-state index in [0.29, 0.717) is 38.6 Å². The summed E-state index contributed by atoms with van der Waals surface area (Å²) in [7, 11) is 0. The Bertz CT molecular complexity index is 953. The highest BCUT2D eigenvalue weighted by molar-refractivity contribution is 8.00. The maximum absolute atomic E-state index is 12.6. The first-order valence-corrected chi connectivity index (χ1v) is 12.4. The Labute approximate surface area is 202 Å². The van der Waals surface area contributed by atoms with Gasteiger partial charge in [-0.15, -0.1) is 0 Å². The fourth-order valence-electron chi connectivity index (χ4n) is 4.74. The summed E-state index contributed by atoms with van der Waals surface area (Å²) in [6.07, 6.45) is 2.91. The van der Waals surface area contributed by atoms with E-state index in [0.717, 1.165) is 43.0 Å². The molecule has 1 unspecified atom stereocenters. The Hall–Kier alpha value is -1.92. The predicted molar refractivity (Wildman–Crippen MR) is 126 cm³/mol. The number of nitrogens with zero attached hydrogens (tertiary/aromatic N) is 5. The molecule has 0 amide bonds. The second-order valence-corrected chi connectivity index (χ2v) is 9.96. The van der Waals surface area contributed by atoms with Crippen molar-refractivity contribution in [3.05, 3.63) is 47.4 Å². The average Bonchev–Trinajstić information content (AvgIpc) is 3.20. The first-order chi connectivity index (χ1) is 16.2. The summed E-state index contributed by atoms with van der Waals surface area (Å²) in [4.78, 5) is 15.3. The normalized spacial score (nSPS) is 20.1. The van der Waals surface area contributed by atoms with Gasteiger partial charge in [0, 0.05) is 62.0 Å². The maximum Gasteiger partial charge on any atom is 0.446 e. The zero-order valence-corrected chi connectivity index (χ0v) is 20.0. The number of nitrogens with two attached hydrogens (primary N) is 1. The van der Waals surface area contributed by atoms with Crippen molar-refractivity contribution in [1.82, 2.24) is 19.8 Å². The summed E-state index contributed by atoms with van der Waals surface area (Å²) in [5.74, 6) is 1.47. The third-order valence-electron chi connectivity index (χ3n) is 6.48. The predicted octanol–water partition coefficient (Wildman–Crippen LogP) is 3.00. The molecule has 7 nitrogen and oxygen atoms in total. The van der Waals surface area contributed by atoms with Crippen molar-refractivity contribution in [2.75, 3.05) is 44.2 Å². The minimum Gasteiger partial charge on any atom is -0.365 e. The lowest BCUT2D eigenvalue weighted by Crippen LogP contribution is -2.56. The van der Waals surface area contributed by atoms with Crippen LogP contribution in [0, 0.1) is 0 Å². The number of piperazine rings is 1. The highest BCUT2D eigenvalue weighted by Gasteiger charge is 2.32. The number of anilines is 1. The van der Waals surface area contributed by atoms with Gasteiger partial charge < -0.3 is 15.7 Å². The number of halogens is 3. The lowest BCUT2D eigenvalue weighted by Gasteiger charge is -2.42. The molecule has 1 aliphatic heterocycles. The molecule has 11 heteroatoms. The van der Waals surface area contributed by atoms with Crippen molar-refractivity contribution in [2.45, 2.75) is 49.0 Å². The lowest BCUT2D eigenvalue weighted by molar-refractivity contribution is -0.117. The van der Waals surface area contributed by atoms with E-state index in [2.05, 4.69) is 21.8 Å². The third kappa shape index (κ3) is 6.01. The first-order valence-electron chi connectivity index (χ1n) is 11.5. The fraction of sp³-hybridized carbons (Fsp3) is 0.565. The Morgan fingerprint density at radius 1 is 1.18 bits per heavy atom. The van der Waals surface area contributed by atoms with Crippen LogP contribution in [0.15, 0.2) is 35.5 Å². The molecule has 2 aliphatic rings. The molecule has 186 valence electrons. The number of fused-ring (bicyclic) bond motifs is 1. The SMILES string of the molecule is C[C@@H]1CCc2ncnc(N3CCN(C(O)N(CCN)Cc4ccc(SC(F)(F)F)cc4)CC3)c21. The molecule has 2 aromatic rings. The molecule has 0 saturated carbocycles. The second kappa shape index (κ2) is 10.8. The van der Waals surface area contributed by atoms with Gasteiger partial charge in [0.1, 0.15) is 12.1 Å². The van der Waals surface area contributed by atoms with Crippen LogP contribution in [0.4, 0.5) is 19.0 Å². The lowest BCUT2D eigenvalue weighted by atomic mass is 10.1. The highest BCUT2D eigenvalue weighted by Crippen LogP contribution is 2.38. The molecule has 2 atom stereocenters. The van der Waals surface area contributed by atoms with E-state index in [9.17, 15) is 18.3 Å². The molecule has 0 radical (unpaired) electrons. The number of hydrogen-bond acceptors (Lipinski definition) is 8. The van der Waals surface area contributed by atoms with Gasteiger partial charge in [-0.05, 0) is 48.2 Å². The number of aliphatic hydroxyl groups is 1. The molecule has 0 bridgehead atoms. The number of rotatable bonds is 8. The van der Waals surface area contributed by atoms with Gasteiger partial charge >= 0.3 is 5.51 Å². The van der Waals surface area contributed by atoms with E-state index in [1.165, 1.54) is 17.7 Å². The van der Waals surface area contributed by atoms with Gasteiger partial charge in [0.2, 0.25) is 0 Å². The van der Waals surface area contributed by atoms with Crippen LogP contribution in [-0.2, 0) is 13.0 Å². The van der Waals surface area contributed by atoms with E-state index >= 15 is 0 Å². The van der Waals surface area contributed by atoms with Gasteiger partial charge in [0.05, 0.1) is 0 Å². The van der Waals surface area contributed by atoms with Gasteiger partial charge in [0.25, 0.3) is 0 Å². The topological polar surface area (TPSA) is 81.8 Å². The summed E-state index contributed by atoms with van der Waals surface area (Å²) < 4.78 is 37.7. The molecular weight excluding hydrogens is 465 g/mol. The van der Waals surface area contributed by atoms with Crippen molar-refractivity contribution in [3.8, 4) is 0 Å². The van der Waals surface area contributed by atoms with E-state index in [4.69, 9.17) is 5.73 Å². The minimum atomic E-state index is -4.31. The van der Waals surface area contributed by atoms with Crippen molar-refractivity contribution < 1.29 is 18.3 Å². The van der Waals surface area contributed by atoms with Gasteiger partial charge in [-0.25, -0.2) is 9.97 Å². The van der Waals surface area contributed by atoms with Crippen LogP contribution < -0.4 is 10.6 Å². The summed E-state index contributed by atoms with van der Waals surface area (Å²) in [6.45, 7) is 6.26. The zero-order valence-electron chi connectivity index (χ0n) is 19.2. The molecule has 1 saturated heterocycles. The quantitative estimate of drug-likeness (QED) is 0.427. The van der Waals surface area contributed by atoms with Gasteiger partial charge in [-0.1, -0.05) is 19.1 Å². The number of aliphatic hydroxyl groups excluding tert-OH is 1. The van der Waals surface area contributed by atoms with Crippen LogP contribution in [0.25, 0.3) is 0 Å². The molecule has 34 heavy (non-hydrogen) atoms. The summed E-state index contributed by atoms with van der Waals surface area (Å²) >= 11 is -0.132. The molecule has 1 fully saturated rings. The van der Waals surface area contributed by atoms with Crippen molar-refractivity contribution >= 4 is 17.6 Å². The molecular formula is C23H31F3N6OS. The summed E-state index contributed by atoms with van der Waals surface area (Å²) in [6, 6.07) is 6.25. The molecule has 3 N–H and O–H groups in total. The number of benzene rings is 1. The highest BCUT2D eigenvalue weighted by atomic mass is 32.2. The summed E-state index contributed by atoms with van der Waals surface area (Å²) in [5, 5.41) is 11.1. The molecule has 2 heterocycles. The largest absolute Gasteiger partial charge is 0.446 e. The van der Waals surface area contributed by atoms with E-state index in [-0.39, 0.29) is 16.7 Å². The van der Waals surface area contributed by atoms with Crippen LogP contribution >= 0.6 is 11.8 Å². The van der Waals surface area contributed by atoms with Gasteiger partial charge in [-0.3, -0.25) is 9.80 Å². The molecule has 1 aliphatic carbocycles. The Kier molecular flexibility index (Phi) is 7.98. The Morgan fingerprint density at radius 3 is 2.53 bits per heavy atom. The standard InChI is InChI=1S/C23H31F3N6OS/c1-16-2-7-19-20(16)21(29-15-28-19)30-10-12-31(13-11-30)22(33)32(9-8-27)14-17-3-5-18(6-4-17)34-23(24,25)26/h3-6,15-16,22,33H,2,7-14,27H2,1H3/t16-,22?/m1/s1. The van der Waals surface area contributed by atoms with Crippen LogP contribution in [0.1, 0.15) is 36.1 Å². The number of alkyl halides is 3. The van der Waals surface area contributed by atoms with Crippen molar-refractivity contribution in [2.24, 2.45) is 5.73 Å². The molecule has 0 spiro atoms. The number of thioether (sulfide) groups is 1. The molecule has 4 rings (SSSR count). The van der Waals surface area contributed by atoms with Gasteiger partial charge in [0.15, 0.2) is 6.35 Å². The Balaban J connectivity index is 1.37. The first kappa shape index (κ1) is 25.2. The number of aromatic nitrogens is 2. The third-order valence-corrected chi connectivity index (χ3v) is 7.22. The van der Waals surface area contributed by atoms with Crippen LogP contribution in [-0.4, -0.2) is 76.0 Å².